The summed E-state index contributed by atoms with van der Waals surface area (Å²) >= 11 is 0. The van der Waals surface area contributed by atoms with E-state index in [0.717, 1.165) is 16.9 Å². The lowest BCUT2D eigenvalue weighted by atomic mass is 10.2. The van der Waals surface area contributed by atoms with Crippen LogP contribution in [-0.4, -0.2) is 36.7 Å². The lowest BCUT2D eigenvalue weighted by molar-refractivity contribution is -0.123. The van der Waals surface area contributed by atoms with E-state index in [1.807, 2.05) is 26.8 Å². The number of aromatic nitrogens is 2. The molecule has 8 heteroatoms. The van der Waals surface area contributed by atoms with E-state index < -0.39 is 0 Å². The highest BCUT2D eigenvalue weighted by Crippen LogP contribution is 2.30. The summed E-state index contributed by atoms with van der Waals surface area (Å²) in [5, 5.41) is 3.52. The molecule has 0 radical (unpaired) electrons. The van der Waals surface area contributed by atoms with Crippen LogP contribution < -0.4 is 19.5 Å². The average molecular weight is 399 g/mol. The van der Waals surface area contributed by atoms with Crippen LogP contribution in [0, 0.1) is 13.8 Å². The van der Waals surface area contributed by atoms with Crippen LogP contribution in [0.1, 0.15) is 29.6 Å². The van der Waals surface area contributed by atoms with Gasteiger partial charge in [0.15, 0.2) is 6.61 Å². The summed E-state index contributed by atoms with van der Waals surface area (Å²) in [5.74, 6) is 2.78. The van der Waals surface area contributed by atoms with Crippen LogP contribution in [0.4, 0.5) is 0 Å². The molecule has 1 aromatic carbocycles. The summed E-state index contributed by atoms with van der Waals surface area (Å²) in [5.41, 5.74) is 2.18. The molecule has 0 atom stereocenters. The maximum atomic E-state index is 12.3. The molecule has 1 N–H and O–H groups in total. The zero-order valence-electron chi connectivity index (χ0n) is 17.3. The van der Waals surface area contributed by atoms with Gasteiger partial charge >= 0.3 is 0 Å². The standard InChI is InChI=1S/C21H25N3O5/c1-6-17-23-20(19-12(2)13(3)29-21(19)24-17)28-11-18(25)22-10-14-9-15(26-4)7-8-16(14)27-5/h7-9H,6,10-11H2,1-5H3,(H,22,25). The fourth-order valence-corrected chi connectivity index (χ4v) is 2.92. The number of carbonyl (C=O) groups is 1. The molecule has 0 aliphatic heterocycles. The summed E-state index contributed by atoms with van der Waals surface area (Å²) in [6, 6.07) is 5.41. The number of fused-ring (bicyclic) bond motifs is 1. The van der Waals surface area contributed by atoms with Crippen LogP contribution in [0.25, 0.3) is 11.1 Å². The van der Waals surface area contributed by atoms with Gasteiger partial charge in [0, 0.05) is 24.1 Å². The smallest absolute Gasteiger partial charge is 0.258 e. The maximum absolute atomic E-state index is 12.3. The number of hydrogen-bond acceptors (Lipinski definition) is 7. The van der Waals surface area contributed by atoms with Crippen molar-refractivity contribution in [2.75, 3.05) is 20.8 Å². The maximum Gasteiger partial charge on any atom is 0.258 e. The first-order valence-electron chi connectivity index (χ1n) is 9.33. The van der Waals surface area contributed by atoms with Gasteiger partial charge in [0.1, 0.15) is 28.5 Å². The van der Waals surface area contributed by atoms with Crippen molar-refractivity contribution in [3.8, 4) is 17.4 Å². The molecule has 0 saturated carbocycles. The molecule has 8 nitrogen and oxygen atoms in total. The molecule has 154 valence electrons. The zero-order chi connectivity index (χ0) is 21.0. The lowest BCUT2D eigenvalue weighted by Gasteiger charge is -2.12. The van der Waals surface area contributed by atoms with Gasteiger partial charge in [-0.2, -0.15) is 9.97 Å². The average Bonchev–Trinajstić information content (AvgIpc) is 3.03. The zero-order valence-corrected chi connectivity index (χ0v) is 17.3. The Morgan fingerprint density at radius 1 is 1.17 bits per heavy atom. The van der Waals surface area contributed by atoms with Gasteiger partial charge in [-0.3, -0.25) is 4.79 Å². The number of ether oxygens (including phenoxy) is 3. The molecule has 0 saturated heterocycles. The van der Waals surface area contributed by atoms with Gasteiger partial charge in [-0.25, -0.2) is 0 Å². The third-order valence-electron chi connectivity index (χ3n) is 4.66. The van der Waals surface area contributed by atoms with E-state index in [9.17, 15) is 4.79 Å². The molecule has 0 bridgehead atoms. The molecule has 3 aromatic rings. The third kappa shape index (κ3) is 4.42. The van der Waals surface area contributed by atoms with E-state index in [1.165, 1.54) is 0 Å². The highest BCUT2D eigenvalue weighted by Gasteiger charge is 2.18. The Morgan fingerprint density at radius 2 is 1.97 bits per heavy atom. The first kappa shape index (κ1) is 20.4. The van der Waals surface area contributed by atoms with E-state index in [-0.39, 0.29) is 19.1 Å². The summed E-state index contributed by atoms with van der Waals surface area (Å²) < 4.78 is 22.0. The second-order valence-electron chi connectivity index (χ2n) is 6.51. The monoisotopic (exact) mass is 399 g/mol. The van der Waals surface area contributed by atoms with Crippen molar-refractivity contribution in [1.29, 1.82) is 0 Å². The third-order valence-corrected chi connectivity index (χ3v) is 4.66. The predicted octanol–water partition coefficient (Wildman–Crippen LogP) is 3.11. The number of hydrogen-bond donors (Lipinski definition) is 1. The molecule has 0 aliphatic carbocycles. The number of carbonyl (C=O) groups excluding carboxylic acids is 1. The first-order chi connectivity index (χ1) is 14.0. The largest absolute Gasteiger partial charge is 0.497 e. The van der Waals surface area contributed by atoms with Crippen molar-refractivity contribution in [3.05, 3.63) is 40.9 Å². The van der Waals surface area contributed by atoms with E-state index in [4.69, 9.17) is 18.6 Å². The fraction of sp³-hybridized carbons (Fsp3) is 0.381. The Labute approximate surface area is 169 Å². The van der Waals surface area contributed by atoms with Gasteiger partial charge in [0.2, 0.25) is 11.6 Å². The van der Waals surface area contributed by atoms with Crippen LogP contribution >= 0.6 is 0 Å². The van der Waals surface area contributed by atoms with Gasteiger partial charge in [0.25, 0.3) is 5.91 Å². The van der Waals surface area contributed by atoms with Gasteiger partial charge in [0.05, 0.1) is 14.2 Å². The van der Waals surface area contributed by atoms with Crippen LogP contribution in [0.3, 0.4) is 0 Å². The number of amides is 1. The van der Waals surface area contributed by atoms with E-state index in [0.29, 0.717) is 40.7 Å². The highest BCUT2D eigenvalue weighted by molar-refractivity contribution is 5.85. The number of rotatable bonds is 8. The van der Waals surface area contributed by atoms with Crippen molar-refractivity contribution in [2.45, 2.75) is 33.7 Å². The topological polar surface area (TPSA) is 95.7 Å². The van der Waals surface area contributed by atoms with Crippen molar-refractivity contribution < 1.29 is 23.4 Å². The van der Waals surface area contributed by atoms with Crippen molar-refractivity contribution in [1.82, 2.24) is 15.3 Å². The van der Waals surface area contributed by atoms with Crippen LogP contribution in [-0.2, 0) is 17.8 Å². The van der Waals surface area contributed by atoms with Gasteiger partial charge < -0.3 is 23.9 Å². The summed E-state index contributed by atoms with van der Waals surface area (Å²) in [6.07, 6.45) is 0.632. The Kier molecular flexibility index (Phi) is 6.21. The van der Waals surface area contributed by atoms with E-state index in [1.54, 1.807) is 26.4 Å². The number of nitrogens with zero attached hydrogens (tertiary/aromatic N) is 2. The lowest BCUT2D eigenvalue weighted by Crippen LogP contribution is -2.28. The number of furan rings is 1. The Hall–Kier alpha value is -3.29. The molecule has 0 aliphatic rings. The highest BCUT2D eigenvalue weighted by atomic mass is 16.5. The van der Waals surface area contributed by atoms with Gasteiger partial charge in [-0.05, 0) is 32.0 Å². The quantitative estimate of drug-likeness (QED) is 0.622. The molecule has 2 aromatic heterocycles. The van der Waals surface area contributed by atoms with Gasteiger partial charge in [-0.1, -0.05) is 6.92 Å². The summed E-state index contributed by atoms with van der Waals surface area (Å²) in [6.45, 7) is 5.83. The first-order valence-corrected chi connectivity index (χ1v) is 9.33. The molecular formula is C21H25N3O5. The minimum Gasteiger partial charge on any atom is -0.497 e. The SMILES string of the molecule is CCc1nc(OCC(=O)NCc2cc(OC)ccc2OC)c2c(C)c(C)oc2n1. The molecule has 2 heterocycles. The Bertz CT molecular complexity index is 1030. The van der Waals surface area contributed by atoms with E-state index >= 15 is 0 Å². The van der Waals surface area contributed by atoms with Crippen molar-refractivity contribution >= 4 is 17.0 Å². The normalized spacial score (nSPS) is 10.8. The molecule has 1 amide bonds. The molecule has 3 rings (SSSR count). The van der Waals surface area contributed by atoms with Crippen LogP contribution in [0.15, 0.2) is 22.6 Å². The molecule has 29 heavy (non-hydrogen) atoms. The van der Waals surface area contributed by atoms with Crippen LogP contribution in [0.5, 0.6) is 17.4 Å². The summed E-state index contributed by atoms with van der Waals surface area (Å²) in [4.78, 5) is 21.2. The Morgan fingerprint density at radius 3 is 2.66 bits per heavy atom. The minimum absolute atomic E-state index is 0.175. The molecule has 0 unspecified atom stereocenters. The van der Waals surface area contributed by atoms with Gasteiger partial charge in [-0.15, -0.1) is 0 Å². The second kappa shape index (κ2) is 8.81. The fourth-order valence-electron chi connectivity index (χ4n) is 2.92. The number of benzene rings is 1. The van der Waals surface area contributed by atoms with E-state index in [2.05, 4.69) is 15.3 Å². The Balaban J connectivity index is 1.70. The molecule has 0 spiro atoms. The molecule has 0 fully saturated rings. The minimum atomic E-state index is -0.280. The van der Waals surface area contributed by atoms with Crippen LogP contribution in [0.2, 0.25) is 0 Å². The predicted molar refractivity (Wildman–Crippen MR) is 108 cm³/mol. The second-order valence-corrected chi connectivity index (χ2v) is 6.51. The number of aryl methyl sites for hydroxylation is 3. The molecular weight excluding hydrogens is 374 g/mol. The number of methoxy groups -OCH3 is 2. The number of nitrogens with one attached hydrogen (secondary N) is 1. The van der Waals surface area contributed by atoms with Crippen molar-refractivity contribution in [2.24, 2.45) is 0 Å². The summed E-state index contributed by atoms with van der Waals surface area (Å²) in [7, 11) is 3.17. The van der Waals surface area contributed by atoms with Crippen molar-refractivity contribution in [3.63, 3.8) is 0 Å².